The molecule has 0 radical (unpaired) electrons. The first-order chi connectivity index (χ1) is 24.1. The van der Waals surface area contributed by atoms with Gasteiger partial charge in [0.1, 0.15) is 11.2 Å². The Morgan fingerprint density at radius 3 is 1.96 bits per heavy atom. The molecule has 0 unspecified atom stereocenters. The second-order valence-corrected chi connectivity index (χ2v) is 13.7. The highest BCUT2D eigenvalue weighted by Crippen LogP contribution is 2.59. The van der Waals surface area contributed by atoms with Crippen LogP contribution in [-0.4, -0.2) is 0 Å². The number of anilines is 3. The van der Waals surface area contributed by atoms with Gasteiger partial charge in [-0.05, 0) is 80.2 Å². The summed E-state index contributed by atoms with van der Waals surface area (Å²) in [6.07, 6.45) is 0. The second-order valence-electron chi connectivity index (χ2n) is 13.7. The van der Waals surface area contributed by atoms with Gasteiger partial charge in [0.2, 0.25) is 0 Å². The zero-order chi connectivity index (χ0) is 32.7. The molecule has 1 aliphatic rings. The molecule has 2 heteroatoms. The molecular formula is C47H33NO. The van der Waals surface area contributed by atoms with Gasteiger partial charge in [0.15, 0.2) is 0 Å². The van der Waals surface area contributed by atoms with E-state index in [1.807, 2.05) is 0 Å². The molecule has 9 aromatic rings. The molecule has 0 atom stereocenters. The molecule has 0 bridgehead atoms. The van der Waals surface area contributed by atoms with Crippen molar-refractivity contribution < 1.29 is 4.42 Å². The molecule has 1 heterocycles. The van der Waals surface area contributed by atoms with Gasteiger partial charge < -0.3 is 9.32 Å². The molecule has 1 aliphatic carbocycles. The van der Waals surface area contributed by atoms with Crippen LogP contribution in [-0.2, 0) is 5.41 Å². The van der Waals surface area contributed by atoms with Crippen molar-refractivity contribution in [1.82, 2.24) is 0 Å². The lowest BCUT2D eigenvalue weighted by atomic mass is 9.79. The minimum Gasteiger partial charge on any atom is -0.455 e. The summed E-state index contributed by atoms with van der Waals surface area (Å²) in [5, 5.41) is 7.31. The zero-order valence-corrected chi connectivity index (χ0v) is 27.4. The van der Waals surface area contributed by atoms with E-state index in [2.05, 4.69) is 183 Å². The highest BCUT2D eigenvalue weighted by atomic mass is 16.3. The average molecular weight is 628 g/mol. The van der Waals surface area contributed by atoms with Gasteiger partial charge in [-0.3, -0.25) is 0 Å². The third-order valence-electron chi connectivity index (χ3n) is 10.6. The van der Waals surface area contributed by atoms with Gasteiger partial charge in [0.25, 0.3) is 0 Å². The summed E-state index contributed by atoms with van der Waals surface area (Å²) in [6.45, 7) is 4.74. The van der Waals surface area contributed by atoms with E-state index in [1.54, 1.807) is 0 Å². The first-order valence-electron chi connectivity index (χ1n) is 17.0. The predicted octanol–water partition coefficient (Wildman–Crippen LogP) is 13.3. The number of benzene rings is 8. The van der Waals surface area contributed by atoms with Gasteiger partial charge in [-0.1, -0.05) is 141 Å². The normalized spacial score (nSPS) is 13.3. The fourth-order valence-electron chi connectivity index (χ4n) is 8.37. The van der Waals surface area contributed by atoms with E-state index in [-0.39, 0.29) is 5.41 Å². The second kappa shape index (κ2) is 10.4. The maximum absolute atomic E-state index is 6.90. The standard InChI is InChI=1S/C47H33NO/c1-47(2)39-20-12-21-40(43(39)44-45(47)37-18-9-8-17-36(37)42-38-19-10-11-22-41(38)49-46(42)44)48(35-28-25-31-15-6-7-16-33(31)29-35)34-26-23-32(24-27-34)30-13-4-3-5-14-30/h3-29H,1-2H3. The molecule has 10 rings (SSSR count). The molecule has 8 aromatic carbocycles. The Bertz CT molecular complexity index is 2730. The monoisotopic (exact) mass is 627 g/mol. The van der Waals surface area contributed by atoms with Crippen molar-refractivity contribution in [2.24, 2.45) is 0 Å². The number of hydrogen-bond acceptors (Lipinski definition) is 2. The molecule has 0 saturated heterocycles. The van der Waals surface area contributed by atoms with Crippen molar-refractivity contribution in [1.29, 1.82) is 0 Å². The van der Waals surface area contributed by atoms with E-state index in [4.69, 9.17) is 4.42 Å². The van der Waals surface area contributed by atoms with Crippen LogP contribution in [0, 0.1) is 0 Å². The summed E-state index contributed by atoms with van der Waals surface area (Å²) in [7, 11) is 0. The number of hydrogen-bond donors (Lipinski definition) is 0. The predicted molar refractivity (Wildman–Crippen MR) is 206 cm³/mol. The van der Waals surface area contributed by atoms with Crippen LogP contribution in [0.1, 0.15) is 25.0 Å². The molecule has 232 valence electrons. The summed E-state index contributed by atoms with van der Waals surface area (Å²) in [5.41, 5.74) is 12.5. The molecule has 0 spiro atoms. The summed E-state index contributed by atoms with van der Waals surface area (Å²) in [6, 6.07) is 59.2. The maximum Gasteiger partial charge on any atom is 0.144 e. The minimum atomic E-state index is -0.250. The van der Waals surface area contributed by atoms with Gasteiger partial charge in [0.05, 0.1) is 5.69 Å². The lowest BCUT2D eigenvalue weighted by molar-refractivity contribution is 0.657. The van der Waals surface area contributed by atoms with Crippen LogP contribution in [0.2, 0.25) is 0 Å². The number of furan rings is 1. The first kappa shape index (κ1) is 27.9. The van der Waals surface area contributed by atoms with Crippen LogP contribution in [0.3, 0.4) is 0 Å². The number of fused-ring (bicyclic) bond motifs is 11. The summed E-state index contributed by atoms with van der Waals surface area (Å²) in [4.78, 5) is 2.44. The maximum atomic E-state index is 6.90. The van der Waals surface area contributed by atoms with Gasteiger partial charge in [0, 0.05) is 38.7 Å². The third kappa shape index (κ3) is 4.07. The summed E-state index contributed by atoms with van der Waals surface area (Å²) < 4.78 is 6.90. The van der Waals surface area contributed by atoms with Crippen molar-refractivity contribution in [2.75, 3.05) is 4.90 Å². The van der Waals surface area contributed by atoms with E-state index in [0.717, 1.165) is 33.6 Å². The van der Waals surface area contributed by atoms with Crippen LogP contribution in [0.5, 0.6) is 0 Å². The Morgan fingerprint density at radius 2 is 1.14 bits per heavy atom. The van der Waals surface area contributed by atoms with Crippen LogP contribution in [0.15, 0.2) is 168 Å². The molecule has 1 aromatic heterocycles. The van der Waals surface area contributed by atoms with Crippen LogP contribution >= 0.6 is 0 Å². The highest BCUT2D eigenvalue weighted by molar-refractivity contribution is 6.26. The van der Waals surface area contributed by atoms with Gasteiger partial charge >= 0.3 is 0 Å². The Morgan fingerprint density at radius 1 is 0.490 bits per heavy atom. The molecular weight excluding hydrogens is 595 g/mol. The van der Waals surface area contributed by atoms with Gasteiger partial charge in [-0.15, -0.1) is 0 Å². The zero-order valence-electron chi connectivity index (χ0n) is 27.4. The summed E-state index contributed by atoms with van der Waals surface area (Å²) >= 11 is 0. The van der Waals surface area contributed by atoms with Gasteiger partial charge in [-0.25, -0.2) is 0 Å². The van der Waals surface area contributed by atoms with Crippen LogP contribution in [0.4, 0.5) is 17.1 Å². The van der Waals surface area contributed by atoms with E-state index in [1.165, 1.54) is 60.3 Å². The van der Waals surface area contributed by atoms with Crippen LogP contribution < -0.4 is 4.90 Å². The molecule has 2 nitrogen and oxygen atoms in total. The summed E-state index contributed by atoms with van der Waals surface area (Å²) in [5.74, 6) is 0. The Hall–Kier alpha value is -6.12. The molecule has 0 amide bonds. The fourth-order valence-corrected chi connectivity index (χ4v) is 8.37. The van der Waals surface area contributed by atoms with Crippen molar-refractivity contribution >= 4 is 60.5 Å². The Kier molecular flexibility index (Phi) is 5.95. The third-order valence-corrected chi connectivity index (χ3v) is 10.6. The minimum absolute atomic E-state index is 0.250. The largest absolute Gasteiger partial charge is 0.455 e. The first-order valence-corrected chi connectivity index (χ1v) is 17.0. The lowest BCUT2D eigenvalue weighted by Crippen LogP contribution is -2.16. The molecule has 0 aliphatic heterocycles. The average Bonchev–Trinajstić information content (AvgIpc) is 3.66. The molecule has 49 heavy (non-hydrogen) atoms. The van der Waals surface area contributed by atoms with Crippen molar-refractivity contribution in [3.8, 4) is 22.3 Å². The van der Waals surface area contributed by atoms with E-state index >= 15 is 0 Å². The van der Waals surface area contributed by atoms with Gasteiger partial charge in [-0.2, -0.15) is 0 Å². The molecule has 0 saturated carbocycles. The Balaban J connectivity index is 1.30. The SMILES string of the molecule is CC1(C)c2cccc(N(c3ccc(-c4ccccc4)cc3)c3ccc4ccccc4c3)c2-c2c1c1ccccc1c1c2oc2ccccc21. The van der Waals surface area contributed by atoms with Crippen molar-refractivity contribution in [3.05, 3.63) is 175 Å². The quantitative estimate of drug-likeness (QED) is 0.193. The topological polar surface area (TPSA) is 16.4 Å². The van der Waals surface area contributed by atoms with E-state index in [9.17, 15) is 0 Å². The fraction of sp³-hybridized carbons (Fsp3) is 0.0638. The lowest BCUT2D eigenvalue weighted by Gasteiger charge is -2.29. The van der Waals surface area contributed by atoms with Crippen molar-refractivity contribution in [2.45, 2.75) is 19.3 Å². The molecule has 0 N–H and O–H groups in total. The van der Waals surface area contributed by atoms with E-state index in [0.29, 0.717) is 0 Å². The Labute approximate surface area is 285 Å². The molecule has 0 fully saturated rings. The van der Waals surface area contributed by atoms with Crippen LogP contribution in [0.25, 0.3) is 65.7 Å². The number of para-hydroxylation sites is 1. The smallest absolute Gasteiger partial charge is 0.144 e. The number of rotatable bonds is 4. The van der Waals surface area contributed by atoms with E-state index < -0.39 is 0 Å². The highest BCUT2D eigenvalue weighted by Gasteiger charge is 2.42. The van der Waals surface area contributed by atoms with Crippen molar-refractivity contribution in [3.63, 3.8) is 0 Å². The number of nitrogens with zero attached hydrogens (tertiary/aromatic N) is 1.